The van der Waals surface area contributed by atoms with E-state index in [2.05, 4.69) is 0 Å². The van der Waals surface area contributed by atoms with Crippen molar-refractivity contribution < 1.29 is 24.3 Å². The molecule has 1 aromatic carbocycles. The molecular formula is C13H9N2O5-. The predicted octanol–water partition coefficient (Wildman–Crippen LogP) is -0.858. The van der Waals surface area contributed by atoms with E-state index in [1.165, 1.54) is 37.4 Å². The third-order valence-electron chi connectivity index (χ3n) is 2.76. The zero-order valence-corrected chi connectivity index (χ0v) is 10.4. The highest BCUT2D eigenvalue weighted by atomic mass is 16.4. The Kier molecular flexibility index (Phi) is 3.34. The summed E-state index contributed by atoms with van der Waals surface area (Å²) in [5.41, 5.74) is 0.239. The molecule has 7 nitrogen and oxygen atoms in total. The van der Waals surface area contributed by atoms with E-state index in [1.54, 1.807) is 0 Å². The number of rotatable bonds is 2. The van der Waals surface area contributed by atoms with Crippen LogP contribution in [-0.4, -0.2) is 35.8 Å². The Morgan fingerprint density at radius 1 is 1.20 bits per heavy atom. The lowest BCUT2D eigenvalue weighted by atomic mass is 10.1. The van der Waals surface area contributed by atoms with Gasteiger partial charge in [-0.05, 0) is 17.2 Å². The van der Waals surface area contributed by atoms with Crippen LogP contribution in [0.2, 0.25) is 0 Å². The Morgan fingerprint density at radius 3 is 2.35 bits per heavy atom. The fourth-order valence-corrected chi connectivity index (χ4v) is 1.63. The van der Waals surface area contributed by atoms with Crippen molar-refractivity contribution in [3.05, 3.63) is 41.0 Å². The van der Waals surface area contributed by atoms with E-state index < -0.39 is 23.8 Å². The largest absolute Gasteiger partial charge is 0.545 e. The molecule has 0 unspecified atom stereocenters. The molecule has 20 heavy (non-hydrogen) atoms. The zero-order chi connectivity index (χ0) is 14.9. The first-order valence-electron chi connectivity index (χ1n) is 5.56. The maximum absolute atomic E-state index is 11.8. The molecule has 0 spiro atoms. The van der Waals surface area contributed by atoms with Gasteiger partial charge in [0.25, 0.3) is 11.8 Å². The van der Waals surface area contributed by atoms with Crippen molar-refractivity contribution in [3.8, 4) is 0 Å². The van der Waals surface area contributed by atoms with E-state index in [4.69, 9.17) is 0 Å². The fourth-order valence-electron chi connectivity index (χ4n) is 1.63. The predicted molar refractivity (Wildman–Crippen MR) is 65.1 cm³/mol. The van der Waals surface area contributed by atoms with E-state index in [1.807, 2.05) is 5.32 Å². The number of carboxylic acid groups (broad SMARTS) is 1. The number of urea groups is 1. The van der Waals surface area contributed by atoms with E-state index in [-0.39, 0.29) is 11.1 Å². The summed E-state index contributed by atoms with van der Waals surface area (Å²) in [6.07, 6.45) is 1.28. The number of carbonyl (C=O) groups is 4. The SMILES string of the molecule is CN1C(=O)NC(=O)/C(=C\c2ccc(C(=O)[O-])cc2)C1=O. The van der Waals surface area contributed by atoms with Crippen LogP contribution in [0.1, 0.15) is 15.9 Å². The van der Waals surface area contributed by atoms with Gasteiger partial charge in [0.15, 0.2) is 0 Å². The van der Waals surface area contributed by atoms with Gasteiger partial charge >= 0.3 is 6.03 Å². The number of hydrogen-bond acceptors (Lipinski definition) is 5. The molecule has 0 aromatic heterocycles. The van der Waals surface area contributed by atoms with Crippen LogP contribution < -0.4 is 10.4 Å². The maximum Gasteiger partial charge on any atom is 0.331 e. The van der Waals surface area contributed by atoms with Gasteiger partial charge in [-0.25, -0.2) is 4.79 Å². The number of likely N-dealkylation sites (N-methyl/N-ethyl adjacent to an activating group) is 1. The fraction of sp³-hybridized carbons (Fsp3) is 0.0769. The van der Waals surface area contributed by atoms with E-state index in [0.29, 0.717) is 5.56 Å². The van der Waals surface area contributed by atoms with E-state index >= 15 is 0 Å². The number of barbiturate groups is 1. The lowest BCUT2D eigenvalue weighted by Crippen LogP contribution is -2.52. The minimum atomic E-state index is -1.32. The molecule has 1 saturated heterocycles. The second-order valence-corrected chi connectivity index (χ2v) is 4.09. The number of benzene rings is 1. The lowest BCUT2D eigenvalue weighted by molar-refractivity contribution is -0.255. The lowest BCUT2D eigenvalue weighted by Gasteiger charge is -2.22. The zero-order valence-electron chi connectivity index (χ0n) is 10.4. The van der Waals surface area contributed by atoms with E-state index in [0.717, 1.165) is 4.90 Å². The molecule has 4 amide bonds. The van der Waals surface area contributed by atoms with E-state index in [9.17, 15) is 24.3 Å². The van der Waals surface area contributed by atoms with Crippen molar-refractivity contribution in [1.29, 1.82) is 0 Å². The molecule has 102 valence electrons. The summed E-state index contributed by atoms with van der Waals surface area (Å²) < 4.78 is 0. The van der Waals surface area contributed by atoms with Crippen LogP contribution in [0.4, 0.5) is 4.79 Å². The molecule has 0 aliphatic carbocycles. The van der Waals surface area contributed by atoms with Crippen LogP contribution in [0.25, 0.3) is 6.08 Å². The highest BCUT2D eigenvalue weighted by molar-refractivity contribution is 6.30. The summed E-state index contributed by atoms with van der Waals surface area (Å²) >= 11 is 0. The van der Waals surface area contributed by atoms with Crippen LogP contribution in [0.15, 0.2) is 29.8 Å². The molecule has 0 radical (unpaired) electrons. The molecule has 1 aliphatic heterocycles. The first-order chi connectivity index (χ1) is 9.40. The molecule has 0 bridgehead atoms. The summed E-state index contributed by atoms with van der Waals surface area (Å²) in [5, 5.41) is 12.6. The third kappa shape index (κ3) is 2.41. The molecule has 2 rings (SSSR count). The van der Waals surface area contributed by atoms with Crippen molar-refractivity contribution >= 4 is 29.9 Å². The molecule has 0 saturated carbocycles. The highest BCUT2D eigenvalue weighted by Crippen LogP contribution is 2.13. The van der Waals surface area contributed by atoms with Gasteiger partial charge in [-0.1, -0.05) is 24.3 Å². The van der Waals surface area contributed by atoms with Crippen LogP contribution in [0.5, 0.6) is 0 Å². The smallest absolute Gasteiger partial charge is 0.331 e. The molecule has 1 aromatic rings. The van der Waals surface area contributed by atoms with Crippen molar-refractivity contribution in [1.82, 2.24) is 10.2 Å². The normalized spacial score (nSPS) is 17.4. The number of nitrogens with one attached hydrogen (secondary N) is 1. The number of amides is 4. The second kappa shape index (κ2) is 4.96. The molecule has 7 heteroatoms. The number of imide groups is 2. The Balaban J connectivity index is 2.34. The summed E-state index contributed by atoms with van der Waals surface area (Å²) in [4.78, 5) is 46.0. The van der Waals surface area contributed by atoms with Crippen LogP contribution in [0.3, 0.4) is 0 Å². The molecular weight excluding hydrogens is 264 g/mol. The number of nitrogens with zero attached hydrogens (tertiary/aromatic N) is 1. The first kappa shape index (κ1) is 13.5. The van der Waals surface area contributed by atoms with Crippen molar-refractivity contribution in [3.63, 3.8) is 0 Å². The van der Waals surface area contributed by atoms with Gasteiger partial charge < -0.3 is 9.90 Å². The number of carboxylic acids is 1. The Labute approximate surface area is 113 Å². The Morgan fingerprint density at radius 2 is 1.80 bits per heavy atom. The minimum absolute atomic E-state index is 0.0149. The maximum atomic E-state index is 11.8. The average Bonchev–Trinajstić information content (AvgIpc) is 2.42. The first-order valence-corrected chi connectivity index (χ1v) is 5.56. The van der Waals surface area contributed by atoms with Crippen LogP contribution in [0, 0.1) is 0 Å². The van der Waals surface area contributed by atoms with Crippen LogP contribution in [-0.2, 0) is 9.59 Å². The van der Waals surface area contributed by atoms with Gasteiger partial charge in [-0.3, -0.25) is 19.8 Å². The number of aromatic carboxylic acids is 1. The quantitative estimate of drug-likeness (QED) is 0.557. The second-order valence-electron chi connectivity index (χ2n) is 4.09. The third-order valence-corrected chi connectivity index (χ3v) is 2.76. The summed E-state index contributed by atoms with van der Waals surface area (Å²) in [6, 6.07) is 4.65. The molecule has 1 heterocycles. The van der Waals surface area contributed by atoms with Gasteiger partial charge in [-0.15, -0.1) is 0 Å². The van der Waals surface area contributed by atoms with Crippen molar-refractivity contribution in [2.75, 3.05) is 7.05 Å². The minimum Gasteiger partial charge on any atom is -0.545 e. The van der Waals surface area contributed by atoms with Gasteiger partial charge in [0.05, 0.1) is 5.97 Å². The monoisotopic (exact) mass is 273 g/mol. The van der Waals surface area contributed by atoms with Gasteiger partial charge in [-0.2, -0.15) is 0 Å². The highest BCUT2D eigenvalue weighted by Gasteiger charge is 2.32. The number of hydrogen-bond donors (Lipinski definition) is 1. The Hall–Kier alpha value is -2.96. The standard InChI is InChI=1S/C13H10N2O5/c1-15-11(17)9(10(16)14-13(15)20)6-7-2-4-8(5-3-7)12(18)19/h2-6H,1H3,(H,18,19)(H,14,16,20)/p-1/b9-6+. The van der Waals surface area contributed by atoms with Crippen molar-refractivity contribution in [2.45, 2.75) is 0 Å². The topological polar surface area (TPSA) is 107 Å². The van der Waals surface area contributed by atoms with Gasteiger partial charge in [0.1, 0.15) is 5.57 Å². The van der Waals surface area contributed by atoms with Crippen LogP contribution >= 0.6 is 0 Å². The van der Waals surface area contributed by atoms with Gasteiger partial charge in [0.2, 0.25) is 0 Å². The summed E-state index contributed by atoms with van der Waals surface area (Å²) in [5.74, 6) is -2.83. The average molecular weight is 273 g/mol. The summed E-state index contributed by atoms with van der Waals surface area (Å²) in [7, 11) is 1.25. The van der Waals surface area contributed by atoms with Gasteiger partial charge in [0, 0.05) is 7.05 Å². The molecule has 1 fully saturated rings. The summed E-state index contributed by atoms with van der Waals surface area (Å²) in [6.45, 7) is 0. The molecule has 0 atom stereocenters. The number of carbonyl (C=O) groups excluding carboxylic acids is 4. The molecule has 1 N–H and O–H groups in total. The van der Waals surface area contributed by atoms with Crippen molar-refractivity contribution in [2.24, 2.45) is 0 Å². The Bertz CT molecular complexity index is 645. The molecule has 1 aliphatic rings.